The largest absolute Gasteiger partial charge is 0.361 e. The Labute approximate surface area is 214 Å². The summed E-state index contributed by atoms with van der Waals surface area (Å²) in [5.74, 6) is 0.903. The number of amides is 1. The van der Waals surface area contributed by atoms with Crippen molar-refractivity contribution >= 4 is 26.8 Å². The van der Waals surface area contributed by atoms with Gasteiger partial charge in [0.25, 0.3) is 0 Å². The van der Waals surface area contributed by atoms with E-state index in [-0.39, 0.29) is 23.1 Å². The van der Waals surface area contributed by atoms with Gasteiger partial charge in [0.05, 0.1) is 4.90 Å². The maximum atomic E-state index is 13.6. The highest BCUT2D eigenvalue weighted by Crippen LogP contribution is 2.28. The Morgan fingerprint density at radius 2 is 2.08 bits per heavy atom. The molecule has 1 aromatic carbocycles. The number of fused-ring (bicyclic) bond motifs is 1. The molecule has 0 bridgehead atoms. The summed E-state index contributed by atoms with van der Waals surface area (Å²) in [4.78, 5) is 22.8. The van der Waals surface area contributed by atoms with Crippen LogP contribution in [0.4, 0.5) is 0 Å². The quantitative estimate of drug-likeness (QED) is 0.362. The minimum absolute atomic E-state index is 0.0599. The van der Waals surface area contributed by atoms with Gasteiger partial charge in [0, 0.05) is 48.8 Å². The van der Waals surface area contributed by atoms with E-state index in [0.29, 0.717) is 60.8 Å². The molecular weight excluding hydrogens is 494 g/mol. The molecule has 37 heavy (non-hydrogen) atoms. The first-order chi connectivity index (χ1) is 17.9. The van der Waals surface area contributed by atoms with Crippen molar-refractivity contribution in [1.29, 1.82) is 5.26 Å². The van der Waals surface area contributed by atoms with Crippen LogP contribution in [0, 0.1) is 18.3 Å². The lowest BCUT2D eigenvalue weighted by molar-refractivity contribution is -0.134. The number of piperidine rings is 1. The number of benzene rings is 1. The molecule has 2 N–H and O–H groups in total. The summed E-state index contributed by atoms with van der Waals surface area (Å²) in [6, 6.07) is 11.2. The number of sulfonamides is 1. The number of aromatic amines is 1. The zero-order chi connectivity index (χ0) is 26.0. The van der Waals surface area contributed by atoms with Crippen molar-refractivity contribution in [3.05, 3.63) is 66.2 Å². The van der Waals surface area contributed by atoms with Gasteiger partial charge in [-0.3, -0.25) is 4.79 Å². The Kier molecular flexibility index (Phi) is 6.82. The van der Waals surface area contributed by atoms with Crippen LogP contribution >= 0.6 is 0 Å². The molecule has 1 unspecified atom stereocenters. The molecule has 1 saturated heterocycles. The summed E-state index contributed by atoms with van der Waals surface area (Å²) >= 11 is 0. The van der Waals surface area contributed by atoms with E-state index in [1.54, 1.807) is 59.1 Å². The molecule has 1 amide bonds. The second-order valence-corrected chi connectivity index (χ2v) is 10.8. The highest BCUT2D eigenvalue weighted by Gasteiger charge is 2.33. The predicted molar refractivity (Wildman–Crippen MR) is 134 cm³/mol. The van der Waals surface area contributed by atoms with Gasteiger partial charge >= 0.3 is 0 Å². The van der Waals surface area contributed by atoms with Crippen LogP contribution in [0.1, 0.15) is 42.6 Å². The third-order valence-electron chi connectivity index (χ3n) is 6.74. The lowest BCUT2D eigenvalue weighted by Gasteiger charge is -2.33. The number of hydrogen-bond donors (Lipinski definition) is 2. The first-order valence-corrected chi connectivity index (χ1v) is 13.6. The molecule has 1 atom stereocenters. The number of aryl methyl sites for hydroxylation is 2. The maximum absolute atomic E-state index is 13.6. The Bertz CT molecular complexity index is 1550. The second-order valence-electron chi connectivity index (χ2n) is 9.14. The fourth-order valence-electron chi connectivity index (χ4n) is 4.80. The van der Waals surface area contributed by atoms with E-state index in [2.05, 4.69) is 25.9 Å². The van der Waals surface area contributed by atoms with Crippen molar-refractivity contribution in [2.75, 3.05) is 13.1 Å². The van der Waals surface area contributed by atoms with Crippen LogP contribution in [0.2, 0.25) is 0 Å². The van der Waals surface area contributed by atoms with E-state index < -0.39 is 16.1 Å². The lowest BCUT2D eigenvalue weighted by atomic mass is 9.96. The summed E-state index contributed by atoms with van der Waals surface area (Å²) < 4.78 is 36.6. The Hall–Kier alpha value is -3.95. The van der Waals surface area contributed by atoms with Crippen molar-refractivity contribution in [3.63, 3.8) is 0 Å². The lowest BCUT2D eigenvalue weighted by Crippen LogP contribution is -2.50. The fraction of sp³-hybridized carbons (Fsp3) is 0.360. The van der Waals surface area contributed by atoms with Gasteiger partial charge in [0.15, 0.2) is 5.82 Å². The molecular formula is C25H27N7O4S. The molecule has 0 spiro atoms. The summed E-state index contributed by atoms with van der Waals surface area (Å²) in [6.07, 6.45) is 4.90. The number of H-pyrrole nitrogens is 1. The van der Waals surface area contributed by atoms with E-state index in [1.807, 2.05) is 0 Å². The van der Waals surface area contributed by atoms with E-state index >= 15 is 0 Å². The molecule has 5 rings (SSSR count). The monoisotopic (exact) mass is 521 g/mol. The first-order valence-electron chi connectivity index (χ1n) is 12.1. The molecule has 11 nitrogen and oxygen atoms in total. The highest BCUT2D eigenvalue weighted by molar-refractivity contribution is 7.89. The summed E-state index contributed by atoms with van der Waals surface area (Å²) in [5, 5.41) is 13.7. The fourth-order valence-corrected chi connectivity index (χ4v) is 6.24. The van der Waals surface area contributed by atoms with Crippen molar-refractivity contribution < 1.29 is 17.7 Å². The van der Waals surface area contributed by atoms with Crippen LogP contribution < -0.4 is 4.72 Å². The highest BCUT2D eigenvalue weighted by atomic mass is 32.2. The van der Waals surface area contributed by atoms with Gasteiger partial charge in [0.1, 0.15) is 17.8 Å². The van der Waals surface area contributed by atoms with Crippen LogP contribution in [0.25, 0.3) is 10.9 Å². The molecule has 0 radical (unpaired) electrons. The van der Waals surface area contributed by atoms with Gasteiger partial charge in [0.2, 0.25) is 21.8 Å². The van der Waals surface area contributed by atoms with E-state index in [0.717, 1.165) is 0 Å². The predicted octanol–water partition coefficient (Wildman–Crippen LogP) is 2.68. The van der Waals surface area contributed by atoms with E-state index in [1.165, 1.54) is 6.07 Å². The van der Waals surface area contributed by atoms with E-state index in [4.69, 9.17) is 4.52 Å². The third kappa shape index (κ3) is 5.14. The van der Waals surface area contributed by atoms with Crippen LogP contribution in [-0.2, 0) is 21.4 Å². The van der Waals surface area contributed by atoms with Crippen molar-refractivity contribution in [2.24, 2.45) is 0 Å². The number of hydrogen-bond acceptors (Lipinski definition) is 7. The molecule has 3 aromatic heterocycles. The molecule has 192 valence electrons. The molecule has 1 aliphatic heterocycles. The molecule has 4 heterocycles. The number of rotatable bonds is 8. The Morgan fingerprint density at radius 1 is 1.27 bits per heavy atom. The van der Waals surface area contributed by atoms with Gasteiger partial charge in [-0.25, -0.2) is 8.42 Å². The molecule has 0 saturated carbocycles. The van der Waals surface area contributed by atoms with Gasteiger partial charge in [-0.15, -0.1) is 0 Å². The normalized spacial score (nSPS) is 15.6. The van der Waals surface area contributed by atoms with Gasteiger partial charge in [-0.05, 0) is 56.5 Å². The number of carbonyl (C=O) groups excluding carboxylic acids is 1. The number of aromatic nitrogens is 4. The van der Waals surface area contributed by atoms with Crippen LogP contribution in [0.3, 0.4) is 0 Å². The van der Waals surface area contributed by atoms with E-state index in [9.17, 15) is 18.5 Å². The Balaban J connectivity index is 1.36. The van der Waals surface area contributed by atoms with Crippen molar-refractivity contribution in [3.8, 4) is 6.07 Å². The van der Waals surface area contributed by atoms with Gasteiger partial charge in [-0.1, -0.05) is 11.2 Å². The number of nitriles is 1. The number of nitrogens with zero attached hydrogens (tertiary/aromatic N) is 5. The average molecular weight is 522 g/mol. The minimum atomic E-state index is -4.02. The number of nitrogens with one attached hydrogen (secondary N) is 2. The summed E-state index contributed by atoms with van der Waals surface area (Å²) in [6.45, 7) is 2.97. The second kappa shape index (κ2) is 10.2. The van der Waals surface area contributed by atoms with Crippen molar-refractivity contribution in [2.45, 2.75) is 49.6 Å². The van der Waals surface area contributed by atoms with Crippen LogP contribution in [0.5, 0.6) is 0 Å². The molecule has 1 fully saturated rings. The topological polar surface area (TPSA) is 150 Å². The number of carbonyl (C=O) groups is 1. The standard InChI is InChI=1S/C25H27N7O4S/c1-17-28-24(36-29-17)18-8-13-32(14-9-18)25(33)22(10-15-31-12-3-4-19(31)16-26)30-37(34,35)23-6-2-5-21-20(23)7-11-27-21/h2-7,11-12,18,22,27,30H,8-10,13-15H2,1H3. The molecule has 4 aromatic rings. The van der Waals surface area contributed by atoms with Crippen LogP contribution in [0.15, 0.2) is 58.2 Å². The molecule has 1 aliphatic rings. The van der Waals surface area contributed by atoms with Gasteiger partial charge in [-0.2, -0.15) is 15.0 Å². The summed E-state index contributed by atoms with van der Waals surface area (Å²) in [5.41, 5.74) is 1.14. The molecule has 0 aliphatic carbocycles. The zero-order valence-corrected chi connectivity index (χ0v) is 21.1. The minimum Gasteiger partial charge on any atom is -0.361 e. The van der Waals surface area contributed by atoms with Crippen LogP contribution in [-0.4, -0.2) is 58.0 Å². The first kappa shape index (κ1) is 24.7. The van der Waals surface area contributed by atoms with Crippen molar-refractivity contribution in [1.82, 2.24) is 29.3 Å². The SMILES string of the molecule is Cc1noc(C2CCN(C(=O)C(CCn3cccc3C#N)NS(=O)(=O)c3cccc4[nH]ccc34)CC2)n1. The Morgan fingerprint density at radius 3 is 2.81 bits per heavy atom. The average Bonchev–Trinajstić information content (AvgIpc) is 3.66. The maximum Gasteiger partial charge on any atom is 0.241 e. The zero-order valence-electron chi connectivity index (χ0n) is 20.3. The smallest absolute Gasteiger partial charge is 0.241 e. The third-order valence-corrected chi connectivity index (χ3v) is 8.27. The van der Waals surface area contributed by atoms with Gasteiger partial charge < -0.3 is 19.0 Å². The summed E-state index contributed by atoms with van der Waals surface area (Å²) in [7, 11) is -4.02. The number of likely N-dealkylation sites (tertiary alicyclic amines) is 1. The molecule has 12 heteroatoms.